The molecule has 2 aliphatic rings. The van der Waals surface area contributed by atoms with Crippen LogP contribution in [0, 0.1) is 11.8 Å². The van der Waals surface area contributed by atoms with Crippen molar-refractivity contribution in [1.29, 1.82) is 0 Å². The third-order valence-electron chi connectivity index (χ3n) is 3.77. The van der Waals surface area contributed by atoms with Crippen LogP contribution < -0.4 is 5.32 Å². The van der Waals surface area contributed by atoms with Gasteiger partial charge in [0, 0.05) is 12.5 Å². The maximum absolute atomic E-state index is 11.6. The summed E-state index contributed by atoms with van der Waals surface area (Å²) in [5.41, 5.74) is 0. The van der Waals surface area contributed by atoms with Crippen molar-refractivity contribution in [3.8, 4) is 0 Å². The number of nitrogens with one attached hydrogen (secondary N) is 1. The van der Waals surface area contributed by atoms with Crippen LogP contribution in [0.4, 0.5) is 0 Å². The van der Waals surface area contributed by atoms with E-state index in [-0.39, 0.29) is 0 Å². The summed E-state index contributed by atoms with van der Waals surface area (Å²) in [5.74, 6) is 1.45. The van der Waals surface area contributed by atoms with Gasteiger partial charge in [-0.2, -0.15) is 0 Å². The first-order chi connectivity index (χ1) is 6.86. The largest absolute Gasteiger partial charge is 0.356 e. The highest BCUT2D eigenvalue weighted by atomic mass is 16.1. The Labute approximate surface area is 86.5 Å². The molecule has 14 heavy (non-hydrogen) atoms. The highest BCUT2D eigenvalue weighted by molar-refractivity contribution is 5.79. The summed E-state index contributed by atoms with van der Waals surface area (Å²) < 4.78 is 0. The summed E-state index contributed by atoms with van der Waals surface area (Å²) >= 11 is 0. The molecule has 1 amide bonds. The van der Waals surface area contributed by atoms with E-state index in [2.05, 4.69) is 5.32 Å². The standard InChI is InChI=1S/C12H21NO/c14-12(11-7-4-8-11)13-9-10-5-2-1-3-6-10/h10-11H,1-9H2,(H,13,14). The van der Waals surface area contributed by atoms with E-state index in [1.165, 1.54) is 38.5 Å². The topological polar surface area (TPSA) is 29.1 Å². The molecule has 80 valence electrons. The molecule has 0 unspecified atom stereocenters. The maximum Gasteiger partial charge on any atom is 0.223 e. The second kappa shape index (κ2) is 4.81. The Morgan fingerprint density at radius 1 is 1.00 bits per heavy atom. The highest BCUT2D eigenvalue weighted by Gasteiger charge is 2.25. The minimum absolute atomic E-state index is 0.321. The van der Waals surface area contributed by atoms with Gasteiger partial charge in [-0.05, 0) is 31.6 Å². The normalized spacial score (nSPS) is 24.3. The van der Waals surface area contributed by atoms with E-state index < -0.39 is 0 Å². The van der Waals surface area contributed by atoms with Gasteiger partial charge in [-0.3, -0.25) is 4.79 Å². The molecule has 2 heteroatoms. The van der Waals surface area contributed by atoms with Crippen molar-refractivity contribution in [1.82, 2.24) is 5.32 Å². The molecule has 0 aliphatic heterocycles. The summed E-state index contributed by atoms with van der Waals surface area (Å²) in [5, 5.41) is 3.12. The van der Waals surface area contributed by atoms with Gasteiger partial charge in [0.2, 0.25) is 5.91 Å². The summed E-state index contributed by atoms with van der Waals surface area (Å²) in [7, 11) is 0. The van der Waals surface area contributed by atoms with E-state index in [1.54, 1.807) is 0 Å². The molecule has 0 spiro atoms. The molecular formula is C12H21NO. The fraction of sp³-hybridized carbons (Fsp3) is 0.917. The van der Waals surface area contributed by atoms with Crippen molar-refractivity contribution in [2.45, 2.75) is 51.4 Å². The Bertz CT molecular complexity index is 192. The van der Waals surface area contributed by atoms with Crippen LogP contribution in [0.25, 0.3) is 0 Å². The van der Waals surface area contributed by atoms with Crippen LogP contribution in [0.2, 0.25) is 0 Å². The van der Waals surface area contributed by atoms with Crippen LogP contribution >= 0.6 is 0 Å². The van der Waals surface area contributed by atoms with E-state index in [0.717, 1.165) is 25.3 Å². The lowest BCUT2D eigenvalue weighted by atomic mass is 9.84. The van der Waals surface area contributed by atoms with Crippen LogP contribution in [-0.4, -0.2) is 12.5 Å². The fourth-order valence-electron chi connectivity index (χ4n) is 2.45. The van der Waals surface area contributed by atoms with Crippen molar-refractivity contribution in [2.24, 2.45) is 11.8 Å². The van der Waals surface area contributed by atoms with Crippen LogP contribution in [0.15, 0.2) is 0 Å². The lowest BCUT2D eigenvalue weighted by molar-refractivity contribution is -0.127. The summed E-state index contributed by atoms with van der Waals surface area (Å²) in [6.07, 6.45) is 10.3. The molecule has 0 atom stereocenters. The zero-order valence-corrected chi connectivity index (χ0v) is 8.93. The first kappa shape index (κ1) is 10.0. The predicted octanol–water partition coefficient (Wildman–Crippen LogP) is 2.48. The number of hydrogen-bond acceptors (Lipinski definition) is 1. The lowest BCUT2D eigenvalue weighted by Gasteiger charge is -2.26. The van der Waals surface area contributed by atoms with Crippen LogP contribution in [0.5, 0.6) is 0 Å². The van der Waals surface area contributed by atoms with E-state index in [0.29, 0.717) is 11.8 Å². The van der Waals surface area contributed by atoms with Crippen molar-refractivity contribution in [3.05, 3.63) is 0 Å². The van der Waals surface area contributed by atoms with Crippen molar-refractivity contribution < 1.29 is 4.79 Å². The Morgan fingerprint density at radius 3 is 2.29 bits per heavy atom. The average molecular weight is 195 g/mol. The highest BCUT2D eigenvalue weighted by Crippen LogP contribution is 2.27. The molecule has 2 rings (SSSR count). The minimum atomic E-state index is 0.321. The monoisotopic (exact) mass is 195 g/mol. The van der Waals surface area contributed by atoms with E-state index in [9.17, 15) is 4.79 Å². The van der Waals surface area contributed by atoms with Gasteiger partial charge in [-0.1, -0.05) is 25.7 Å². The molecule has 0 aromatic heterocycles. The van der Waals surface area contributed by atoms with E-state index in [4.69, 9.17) is 0 Å². The number of rotatable bonds is 3. The smallest absolute Gasteiger partial charge is 0.223 e. The molecular weight excluding hydrogens is 174 g/mol. The van der Waals surface area contributed by atoms with E-state index >= 15 is 0 Å². The van der Waals surface area contributed by atoms with Crippen LogP contribution in [-0.2, 0) is 4.79 Å². The Hall–Kier alpha value is -0.530. The first-order valence-corrected chi connectivity index (χ1v) is 6.14. The quantitative estimate of drug-likeness (QED) is 0.736. The van der Waals surface area contributed by atoms with Gasteiger partial charge in [-0.15, -0.1) is 0 Å². The first-order valence-electron chi connectivity index (χ1n) is 6.14. The molecule has 2 aliphatic carbocycles. The van der Waals surface area contributed by atoms with Crippen molar-refractivity contribution in [2.75, 3.05) is 6.54 Å². The Morgan fingerprint density at radius 2 is 1.71 bits per heavy atom. The minimum Gasteiger partial charge on any atom is -0.356 e. The molecule has 0 saturated heterocycles. The molecule has 0 aromatic carbocycles. The summed E-state index contributed by atoms with van der Waals surface area (Å²) in [4.78, 5) is 11.6. The molecule has 2 nitrogen and oxygen atoms in total. The van der Waals surface area contributed by atoms with Gasteiger partial charge >= 0.3 is 0 Å². The van der Waals surface area contributed by atoms with Crippen molar-refractivity contribution in [3.63, 3.8) is 0 Å². The van der Waals surface area contributed by atoms with Gasteiger partial charge in [0.1, 0.15) is 0 Å². The van der Waals surface area contributed by atoms with E-state index in [1.807, 2.05) is 0 Å². The molecule has 0 bridgehead atoms. The van der Waals surface area contributed by atoms with Gasteiger partial charge in [0.05, 0.1) is 0 Å². The number of carbonyl (C=O) groups is 1. The number of amides is 1. The number of hydrogen-bond donors (Lipinski definition) is 1. The van der Waals surface area contributed by atoms with Gasteiger partial charge in [0.15, 0.2) is 0 Å². The molecule has 0 aromatic rings. The zero-order valence-electron chi connectivity index (χ0n) is 8.93. The second-order valence-corrected chi connectivity index (χ2v) is 4.88. The molecule has 0 radical (unpaired) electrons. The predicted molar refractivity (Wildman–Crippen MR) is 56.9 cm³/mol. The van der Waals surface area contributed by atoms with Gasteiger partial charge in [-0.25, -0.2) is 0 Å². The zero-order chi connectivity index (χ0) is 9.80. The van der Waals surface area contributed by atoms with Crippen LogP contribution in [0.3, 0.4) is 0 Å². The van der Waals surface area contributed by atoms with Gasteiger partial charge in [0.25, 0.3) is 0 Å². The average Bonchev–Trinajstić information content (AvgIpc) is 2.14. The third kappa shape index (κ3) is 2.49. The molecule has 2 saturated carbocycles. The third-order valence-corrected chi connectivity index (χ3v) is 3.77. The SMILES string of the molecule is O=C(NCC1CCCCC1)C1CCC1. The second-order valence-electron chi connectivity index (χ2n) is 4.88. The molecule has 2 fully saturated rings. The molecule has 0 heterocycles. The fourth-order valence-corrected chi connectivity index (χ4v) is 2.45. The summed E-state index contributed by atoms with van der Waals surface area (Å²) in [6, 6.07) is 0. The molecule has 1 N–H and O–H groups in total. The Kier molecular flexibility index (Phi) is 3.44. The van der Waals surface area contributed by atoms with Gasteiger partial charge < -0.3 is 5.32 Å². The summed E-state index contributed by atoms with van der Waals surface area (Å²) in [6.45, 7) is 0.940. The lowest BCUT2D eigenvalue weighted by Crippen LogP contribution is -2.37. The maximum atomic E-state index is 11.6. The number of carbonyl (C=O) groups excluding carboxylic acids is 1. The Balaban J connectivity index is 1.62. The van der Waals surface area contributed by atoms with Crippen molar-refractivity contribution >= 4 is 5.91 Å². The van der Waals surface area contributed by atoms with Crippen LogP contribution in [0.1, 0.15) is 51.4 Å².